The van der Waals surface area contributed by atoms with Gasteiger partial charge >= 0.3 is 5.82 Å². The maximum atomic E-state index is 10.6. The smallest absolute Gasteiger partial charge is 0.363 e. The number of hydrogen-bond acceptors (Lipinski definition) is 6. The molecule has 3 rings (SSSR count). The zero-order chi connectivity index (χ0) is 14.7. The van der Waals surface area contributed by atoms with Crippen molar-refractivity contribution in [3.8, 4) is 0 Å². The molecule has 2 aromatic heterocycles. The van der Waals surface area contributed by atoms with Crippen molar-refractivity contribution in [1.29, 1.82) is 0 Å². The summed E-state index contributed by atoms with van der Waals surface area (Å²) < 4.78 is 0. The minimum Gasteiger partial charge on any atom is -0.365 e. The fourth-order valence-electron chi connectivity index (χ4n) is 2.41. The number of piperazine rings is 1. The Bertz CT molecular complexity index is 609. The molecule has 0 saturated carbocycles. The van der Waals surface area contributed by atoms with Crippen molar-refractivity contribution in [3.05, 3.63) is 52.8 Å². The van der Waals surface area contributed by atoms with E-state index >= 15 is 0 Å². The molecule has 0 N–H and O–H groups in total. The molecule has 0 aliphatic carbocycles. The van der Waals surface area contributed by atoms with Gasteiger partial charge in [0.15, 0.2) is 6.20 Å². The molecule has 1 aliphatic heterocycles. The highest BCUT2D eigenvalue weighted by molar-refractivity contribution is 5.49. The van der Waals surface area contributed by atoms with Crippen molar-refractivity contribution in [2.24, 2.45) is 0 Å². The van der Waals surface area contributed by atoms with Crippen LogP contribution in [0.1, 0.15) is 0 Å². The van der Waals surface area contributed by atoms with Gasteiger partial charge < -0.3 is 19.9 Å². The van der Waals surface area contributed by atoms with Crippen molar-refractivity contribution in [1.82, 2.24) is 9.97 Å². The Morgan fingerprint density at radius 3 is 2.33 bits per heavy atom. The Kier molecular flexibility index (Phi) is 3.63. The molecular formula is C14H15N5O2. The highest BCUT2D eigenvalue weighted by Crippen LogP contribution is 2.19. The number of hydrogen-bond donors (Lipinski definition) is 0. The fourth-order valence-corrected chi connectivity index (χ4v) is 2.41. The third kappa shape index (κ3) is 2.91. The molecular weight excluding hydrogens is 270 g/mol. The molecule has 0 atom stereocenters. The highest BCUT2D eigenvalue weighted by Gasteiger charge is 2.19. The van der Waals surface area contributed by atoms with E-state index < -0.39 is 4.92 Å². The van der Waals surface area contributed by atoms with E-state index in [4.69, 9.17) is 0 Å². The normalized spacial score (nSPS) is 15.0. The number of rotatable bonds is 3. The summed E-state index contributed by atoms with van der Waals surface area (Å²) in [6.07, 6.45) is 3.36. The molecule has 2 aromatic rings. The van der Waals surface area contributed by atoms with Gasteiger partial charge in [0.05, 0.1) is 5.69 Å². The van der Waals surface area contributed by atoms with E-state index in [0.29, 0.717) is 0 Å². The van der Waals surface area contributed by atoms with Crippen molar-refractivity contribution in [2.75, 3.05) is 36.0 Å². The standard InChI is InChI=1S/C14H15N5O2/c20-19(21)14-5-4-12(11-16-14)17-7-9-18(10-8-17)13-3-1-2-6-15-13/h1-6,11H,7-10H2. The third-order valence-electron chi connectivity index (χ3n) is 3.54. The molecule has 3 heterocycles. The summed E-state index contributed by atoms with van der Waals surface area (Å²) in [5.41, 5.74) is 0.918. The van der Waals surface area contributed by atoms with Crippen LogP contribution in [0.3, 0.4) is 0 Å². The van der Waals surface area contributed by atoms with Crippen LogP contribution < -0.4 is 9.80 Å². The monoisotopic (exact) mass is 285 g/mol. The Labute approximate surface area is 122 Å². The summed E-state index contributed by atoms with van der Waals surface area (Å²) in [7, 11) is 0. The van der Waals surface area contributed by atoms with Gasteiger partial charge in [-0.2, -0.15) is 0 Å². The van der Waals surface area contributed by atoms with Crippen molar-refractivity contribution < 1.29 is 4.92 Å². The quantitative estimate of drug-likeness (QED) is 0.631. The zero-order valence-corrected chi connectivity index (χ0v) is 11.4. The first-order chi connectivity index (χ1) is 10.2. The second-order valence-electron chi connectivity index (χ2n) is 4.79. The van der Waals surface area contributed by atoms with Gasteiger partial charge in [-0.1, -0.05) is 6.07 Å². The van der Waals surface area contributed by atoms with Crippen LogP contribution in [0.5, 0.6) is 0 Å². The average molecular weight is 285 g/mol. The summed E-state index contributed by atoms with van der Waals surface area (Å²) in [6.45, 7) is 3.42. The van der Waals surface area contributed by atoms with E-state index in [1.54, 1.807) is 18.5 Å². The molecule has 1 aliphatic rings. The topological polar surface area (TPSA) is 75.4 Å². The maximum absolute atomic E-state index is 10.6. The van der Waals surface area contributed by atoms with Gasteiger partial charge in [-0.15, -0.1) is 0 Å². The predicted molar refractivity (Wildman–Crippen MR) is 79.6 cm³/mol. The van der Waals surface area contributed by atoms with E-state index in [2.05, 4.69) is 19.8 Å². The van der Waals surface area contributed by atoms with Crippen LogP contribution >= 0.6 is 0 Å². The summed E-state index contributed by atoms with van der Waals surface area (Å²) >= 11 is 0. The van der Waals surface area contributed by atoms with E-state index in [9.17, 15) is 10.1 Å². The van der Waals surface area contributed by atoms with Crippen molar-refractivity contribution >= 4 is 17.3 Å². The Balaban J connectivity index is 1.64. The fraction of sp³-hybridized carbons (Fsp3) is 0.286. The largest absolute Gasteiger partial charge is 0.365 e. The van der Waals surface area contributed by atoms with Crippen LogP contribution in [0.2, 0.25) is 0 Å². The minimum atomic E-state index is -0.483. The van der Waals surface area contributed by atoms with Gasteiger partial charge in [0.25, 0.3) is 0 Å². The number of anilines is 2. The number of nitrogens with zero attached hydrogens (tertiary/aromatic N) is 5. The average Bonchev–Trinajstić information content (AvgIpc) is 2.56. The number of nitro groups is 1. The van der Waals surface area contributed by atoms with Gasteiger partial charge in [0.2, 0.25) is 0 Å². The summed E-state index contributed by atoms with van der Waals surface area (Å²) in [4.78, 5) is 22.7. The molecule has 0 unspecified atom stereocenters. The molecule has 0 spiro atoms. The summed E-state index contributed by atoms with van der Waals surface area (Å²) in [6, 6.07) is 9.09. The lowest BCUT2D eigenvalue weighted by molar-refractivity contribution is -0.389. The molecule has 0 bridgehead atoms. The van der Waals surface area contributed by atoms with Crippen LogP contribution in [0.25, 0.3) is 0 Å². The van der Waals surface area contributed by atoms with E-state index in [-0.39, 0.29) is 5.82 Å². The molecule has 1 saturated heterocycles. The number of pyridine rings is 2. The first-order valence-corrected chi connectivity index (χ1v) is 6.75. The summed E-state index contributed by atoms with van der Waals surface area (Å²) in [5.74, 6) is 0.866. The first kappa shape index (κ1) is 13.3. The maximum Gasteiger partial charge on any atom is 0.363 e. The zero-order valence-electron chi connectivity index (χ0n) is 11.4. The summed E-state index contributed by atoms with van der Waals surface area (Å²) in [5, 5.41) is 10.6. The molecule has 7 nitrogen and oxygen atoms in total. The second kappa shape index (κ2) is 5.74. The lowest BCUT2D eigenvalue weighted by Gasteiger charge is -2.36. The van der Waals surface area contributed by atoms with Crippen LogP contribution in [-0.2, 0) is 0 Å². The predicted octanol–water partition coefficient (Wildman–Crippen LogP) is 1.71. The SMILES string of the molecule is O=[N+]([O-])c1ccc(N2CCN(c3ccccn3)CC2)cn1. The van der Waals surface area contributed by atoms with Crippen molar-refractivity contribution in [3.63, 3.8) is 0 Å². The molecule has 108 valence electrons. The second-order valence-corrected chi connectivity index (χ2v) is 4.79. The van der Waals surface area contributed by atoms with Crippen LogP contribution in [0.4, 0.5) is 17.3 Å². The third-order valence-corrected chi connectivity index (χ3v) is 3.54. The van der Waals surface area contributed by atoms with E-state index in [1.807, 2.05) is 18.2 Å². The molecule has 0 amide bonds. The lowest BCUT2D eigenvalue weighted by Crippen LogP contribution is -2.46. The minimum absolute atomic E-state index is 0.120. The Hall–Kier alpha value is -2.70. The van der Waals surface area contributed by atoms with Gasteiger partial charge in [-0.05, 0) is 28.1 Å². The van der Waals surface area contributed by atoms with Gasteiger partial charge in [0.1, 0.15) is 5.82 Å². The molecule has 21 heavy (non-hydrogen) atoms. The van der Waals surface area contributed by atoms with E-state index in [0.717, 1.165) is 37.7 Å². The number of aromatic nitrogens is 2. The van der Waals surface area contributed by atoms with Crippen LogP contribution in [-0.4, -0.2) is 41.1 Å². The molecule has 0 aromatic carbocycles. The van der Waals surface area contributed by atoms with E-state index in [1.165, 1.54) is 6.07 Å². The lowest BCUT2D eigenvalue weighted by atomic mass is 10.2. The molecule has 0 radical (unpaired) electrons. The van der Waals surface area contributed by atoms with Gasteiger partial charge in [0, 0.05) is 38.4 Å². The highest BCUT2D eigenvalue weighted by atomic mass is 16.6. The molecule has 7 heteroatoms. The van der Waals surface area contributed by atoms with Crippen molar-refractivity contribution in [2.45, 2.75) is 0 Å². The Morgan fingerprint density at radius 2 is 1.76 bits per heavy atom. The van der Waals surface area contributed by atoms with Crippen LogP contribution in [0, 0.1) is 10.1 Å². The van der Waals surface area contributed by atoms with Gasteiger partial charge in [-0.25, -0.2) is 4.98 Å². The first-order valence-electron chi connectivity index (χ1n) is 6.75. The molecule has 1 fully saturated rings. The Morgan fingerprint density at radius 1 is 1.00 bits per heavy atom. The van der Waals surface area contributed by atoms with Gasteiger partial charge in [-0.3, -0.25) is 0 Å². The van der Waals surface area contributed by atoms with Crippen LogP contribution in [0.15, 0.2) is 42.7 Å².